The molecule has 7 nitrogen and oxygen atoms in total. The molecule has 0 saturated heterocycles. The molecular formula is C16H18N4O3. The van der Waals surface area contributed by atoms with Crippen molar-refractivity contribution in [2.24, 2.45) is 5.10 Å². The zero-order valence-electron chi connectivity index (χ0n) is 12.9. The fraction of sp³-hybridized carbons (Fsp3) is 0.188. The van der Waals surface area contributed by atoms with Gasteiger partial charge in [-0.1, -0.05) is 12.1 Å². The molecule has 4 N–H and O–H groups in total. The minimum atomic E-state index is -0.387. The van der Waals surface area contributed by atoms with E-state index in [1.54, 1.807) is 32.2 Å². The number of anilines is 1. The van der Waals surface area contributed by atoms with Crippen LogP contribution in [0.3, 0.4) is 0 Å². The van der Waals surface area contributed by atoms with E-state index < -0.39 is 0 Å². The van der Waals surface area contributed by atoms with Crippen LogP contribution >= 0.6 is 0 Å². The Labute approximate surface area is 133 Å². The van der Waals surface area contributed by atoms with Gasteiger partial charge in [0.05, 0.1) is 24.1 Å². The number of benzene rings is 1. The maximum atomic E-state index is 12.1. The number of pyridine rings is 1. The number of aryl methyl sites for hydroxylation is 1. The van der Waals surface area contributed by atoms with Crippen LogP contribution < -0.4 is 10.7 Å². The quantitative estimate of drug-likeness (QED) is 0.493. The van der Waals surface area contributed by atoms with Gasteiger partial charge >= 0.3 is 0 Å². The lowest BCUT2D eigenvalue weighted by molar-refractivity contribution is 0.0956. The summed E-state index contributed by atoms with van der Waals surface area (Å²) >= 11 is 0. The third-order valence-electron chi connectivity index (χ3n) is 3.33. The number of hydrazone groups is 1. The van der Waals surface area contributed by atoms with Gasteiger partial charge in [-0.3, -0.25) is 9.78 Å². The predicted octanol–water partition coefficient (Wildman–Crippen LogP) is 1.39. The summed E-state index contributed by atoms with van der Waals surface area (Å²) in [5.74, 6) is -0.466. The standard InChI is InChI=1S/C16H18N4O3/c1-10-15(22)13(11(9-21)7-18-10)8-19-20-16(23)12-5-3-4-6-14(12)17-2/h3-8,17,21-22H,9H2,1-2H3,(H,20,23). The fourth-order valence-corrected chi connectivity index (χ4v) is 2.04. The summed E-state index contributed by atoms with van der Waals surface area (Å²) in [6.07, 6.45) is 2.74. The second-order valence-electron chi connectivity index (χ2n) is 4.78. The molecule has 2 aromatic rings. The molecule has 0 spiro atoms. The van der Waals surface area contributed by atoms with Crippen molar-refractivity contribution in [2.75, 3.05) is 12.4 Å². The number of aliphatic hydroxyl groups is 1. The number of aliphatic hydroxyl groups excluding tert-OH is 1. The van der Waals surface area contributed by atoms with E-state index in [1.807, 2.05) is 6.07 Å². The van der Waals surface area contributed by atoms with E-state index in [4.69, 9.17) is 0 Å². The van der Waals surface area contributed by atoms with Crippen LogP contribution in [-0.4, -0.2) is 34.4 Å². The van der Waals surface area contributed by atoms with Crippen molar-refractivity contribution >= 4 is 17.8 Å². The van der Waals surface area contributed by atoms with E-state index in [1.165, 1.54) is 12.4 Å². The molecule has 23 heavy (non-hydrogen) atoms. The number of amides is 1. The number of hydrogen-bond acceptors (Lipinski definition) is 6. The third kappa shape index (κ3) is 3.64. The maximum absolute atomic E-state index is 12.1. The molecule has 0 bridgehead atoms. The van der Waals surface area contributed by atoms with E-state index in [0.717, 1.165) is 0 Å². The largest absolute Gasteiger partial charge is 0.505 e. The SMILES string of the molecule is CNc1ccccc1C(=O)NN=Cc1c(CO)cnc(C)c1O. The Bertz CT molecular complexity index is 744. The molecule has 0 aliphatic carbocycles. The Hall–Kier alpha value is -2.93. The second kappa shape index (κ2) is 7.37. The van der Waals surface area contributed by atoms with Crippen LogP contribution in [0.2, 0.25) is 0 Å². The smallest absolute Gasteiger partial charge is 0.273 e. The van der Waals surface area contributed by atoms with Crippen molar-refractivity contribution in [1.29, 1.82) is 0 Å². The Balaban J connectivity index is 2.19. The normalized spacial score (nSPS) is 10.7. The van der Waals surface area contributed by atoms with Crippen molar-refractivity contribution in [1.82, 2.24) is 10.4 Å². The number of carbonyl (C=O) groups is 1. The molecular weight excluding hydrogens is 296 g/mol. The Morgan fingerprint density at radius 1 is 1.39 bits per heavy atom. The second-order valence-corrected chi connectivity index (χ2v) is 4.78. The molecule has 0 radical (unpaired) electrons. The van der Waals surface area contributed by atoms with Crippen molar-refractivity contribution in [3.8, 4) is 5.75 Å². The van der Waals surface area contributed by atoms with Crippen LogP contribution in [0.15, 0.2) is 35.6 Å². The highest BCUT2D eigenvalue weighted by Gasteiger charge is 2.11. The van der Waals surface area contributed by atoms with Crippen LogP contribution in [0.4, 0.5) is 5.69 Å². The summed E-state index contributed by atoms with van der Waals surface area (Å²) in [6, 6.07) is 7.02. The first-order valence-corrected chi connectivity index (χ1v) is 6.97. The number of carbonyl (C=O) groups excluding carboxylic acids is 1. The van der Waals surface area contributed by atoms with E-state index in [2.05, 4.69) is 20.8 Å². The lowest BCUT2D eigenvalue weighted by atomic mass is 10.1. The van der Waals surface area contributed by atoms with Gasteiger partial charge in [0.1, 0.15) is 5.75 Å². The summed E-state index contributed by atoms with van der Waals surface area (Å²) in [5.41, 5.74) is 4.68. The minimum Gasteiger partial charge on any atom is -0.505 e. The number of hydrogen-bond donors (Lipinski definition) is 4. The summed E-state index contributed by atoms with van der Waals surface area (Å²) in [6.45, 7) is 1.34. The molecule has 7 heteroatoms. The summed E-state index contributed by atoms with van der Waals surface area (Å²) < 4.78 is 0. The molecule has 0 aliphatic heterocycles. The van der Waals surface area contributed by atoms with Crippen LogP contribution in [0.1, 0.15) is 27.2 Å². The highest BCUT2D eigenvalue weighted by Crippen LogP contribution is 2.21. The van der Waals surface area contributed by atoms with Gasteiger partial charge in [-0.2, -0.15) is 5.10 Å². The molecule has 0 fully saturated rings. The first-order valence-electron chi connectivity index (χ1n) is 6.97. The Morgan fingerprint density at radius 2 is 2.13 bits per heavy atom. The Morgan fingerprint density at radius 3 is 2.83 bits per heavy atom. The summed E-state index contributed by atoms with van der Waals surface area (Å²) in [7, 11) is 1.72. The Kier molecular flexibility index (Phi) is 5.27. The minimum absolute atomic E-state index is 0.0785. The molecule has 1 aromatic carbocycles. The van der Waals surface area contributed by atoms with E-state index in [-0.39, 0.29) is 18.3 Å². The number of para-hydroxylation sites is 1. The van der Waals surface area contributed by atoms with Crippen molar-refractivity contribution in [3.05, 3.63) is 52.8 Å². The van der Waals surface area contributed by atoms with Gasteiger partial charge in [-0.15, -0.1) is 0 Å². The van der Waals surface area contributed by atoms with Crippen molar-refractivity contribution < 1.29 is 15.0 Å². The first kappa shape index (κ1) is 16.4. The lowest BCUT2D eigenvalue weighted by Gasteiger charge is -2.08. The zero-order valence-corrected chi connectivity index (χ0v) is 12.9. The first-order chi connectivity index (χ1) is 11.1. The van der Waals surface area contributed by atoms with Gasteiger partial charge in [0.15, 0.2) is 0 Å². The van der Waals surface area contributed by atoms with Crippen LogP contribution in [0.25, 0.3) is 0 Å². The maximum Gasteiger partial charge on any atom is 0.273 e. The van der Waals surface area contributed by atoms with E-state index in [0.29, 0.717) is 28.1 Å². The molecule has 0 saturated carbocycles. The number of aromatic nitrogens is 1. The van der Waals surface area contributed by atoms with Gasteiger partial charge < -0.3 is 15.5 Å². The highest BCUT2D eigenvalue weighted by molar-refractivity contribution is 6.00. The fourth-order valence-electron chi connectivity index (χ4n) is 2.04. The molecule has 120 valence electrons. The topological polar surface area (TPSA) is 107 Å². The highest BCUT2D eigenvalue weighted by atomic mass is 16.3. The van der Waals surface area contributed by atoms with Gasteiger partial charge in [-0.05, 0) is 19.1 Å². The number of nitrogens with zero attached hydrogens (tertiary/aromatic N) is 2. The molecule has 0 atom stereocenters. The van der Waals surface area contributed by atoms with Crippen molar-refractivity contribution in [2.45, 2.75) is 13.5 Å². The third-order valence-corrected chi connectivity index (χ3v) is 3.33. The van der Waals surface area contributed by atoms with E-state index >= 15 is 0 Å². The number of aromatic hydroxyl groups is 1. The molecule has 0 unspecified atom stereocenters. The molecule has 2 rings (SSSR count). The number of rotatable bonds is 5. The summed E-state index contributed by atoms with van der Waals surface area (Å²) in [5, 5.41) is 26.0. The molecule has 1 heterocycles. The molecule has 0 aliphatic rings. The van der Waals surface area contributed by atoms with Crippen molar-refractivity contribution in [3.63, 3.8) is 0 Å². The van der Waals surface area contributed by atoms with E-state index in [9.17, 15) is 15.0 Å². The van der Waals surface area contributed by atoms with Gasteiger partial charge in [0, 0.05) is 30.1 Å². The predicted molar refractivity (Wildman–Crippen MR) is 87.6 cm³/mol. The van der Waals surface area contributed by atoms with Gasteiger partial charge in [-0.25, -0.2) is 5.43 Å². The van der Waals surface area contributed by atoms with Crippen LogP contribution in [0.5, 0.6) is 5.75 Å². The molecule has 1 aromatic heterocycles. The van der Waals surface area contributed by atoms with Crippen LogP contribution in [-0.2, 0) is 6.61 Å². The number of nitrogens with one attached hydrogen (secondary N) is 2. The van der Waals surface area contributed by atoms with Gasteiger partial charge in [0.25, 0.3) is 5.91 Å². The van der Waals surface area contributed by atoms with Gasteiger partial charge in [0.2, 0.25) is 0 Å². The average Bonchev–Trinajstić information content (AvgIpc) is 2.58. The lowest BCUT2D eigenvalue weighted by Crippen LogP contribution is -2.19. The molecule has 1 amide bonds. The van der Waals surface area contributed by atoms with Crippen LogP contribution in [0, 0.1) is 6.92 Å². The monoisotopic (exact) mass is 314 g/mol. The average molecular weight is 314 g/mol. The summed E-state index contributed by atoms with van der Waals surface area (Å²) in [4.78, 5) is 16.1. The zero-order chi connectivity index (χ0) is 16.8.